The van der Waals surface area contributed by atoms with Crippen LogP contribution in [0.25, 0.3) is 0 Å². The number of amides is 2. The number of benzene rings is 1. The van der Waals surface area contributed by atoms with E-state index in [1.165, 1.54) is 14.2 Å². The first kappa shape index (κ1) is 18.1. The van der Waals surface area contributed by atoms with E-state index in [4.69, 9.17) is 4.74 Å². The second-order valence-electron chi connectivity index (χ2n) is 5.32. The minimum Gasteiger partial charge on any atom is -0.469 e. The molecule has 0 aliphatic carbocycles. The van der Waals surface area contributed by atoms with Crippen LogP contribution in [0.1, 0.15) is 30.9 Å². The average molecular weight is 396 g/mol. The SMILES string of the molecule is COC(=O)C[C@@H](NC(=O)C1=NN(C)C(=O)CC1)c1ccc(Br)cc1. The van der Waals surface area contributed by atoms with Crippen LogP contribution in [0.15, 0.2) is 33.8 Å². The Morgan fingerprint density at radius 3 is 2.58 bits per heavy atom. The summed E-state index contributed by atoms with van der Waals surface area (Å²) in [6, 6.07) is 6.75. The van der Waals surface area contributed by atoms with E-state index in [2.05, 4.69) is 26.3 Å². The van der Waals surface area contributed by atoms with Crippen molar-refractivity contribution < 1.29 is 19.1 Å². The van der Waals surface area contributed by atoms with Crippen LogP contribution in [-0.4, -0.2) is 42.7 Å². The molecule has 2 amide bonds. The summed E-state index contributed by atoms with van der Waals surface area (Å²) in [5, 5.41) is 7.95. The minimum absolute atomic E-state index is 0.00588. The Kier molecular flexibility index (Phi) is 6.08. The Morgan fingerprint density at radius 1 is 1.33 bits per heavy atom. The summed E-state index contributed by atoms with van der Waals surface area (Å²) in [7, 11) is 2.81. The van der Waals surface area contributed by atoms with E-state index in [1.807, 2.05) is 24.3 Å². The predicted octanol–water partition coefficient (Wildman–Crippen LogP) is 1.78. The smallest absolute Gasteiger partial charge is 0.307 e. The third-order valence-corrected chi connectivity index (χ3v) is 4.17. The van der Waals surface area contributed by atoms with Crippen molar-refractivity contribution in [2.75, 3.05) is 14.2 Å². The summed E-state index contributed by atoms with van der Waals surface area (Å²) < 4.78 is 5.60. The summed E-state index contributed by atoms with van der Waals surface area (Å²) in [4.78, 5) is 35.5. The first-order valence-corrected chi connectivity index (χ1v) is 8.17. The Hall–Kier alpha value is -2.22. The van der Waals surface area contributed by atoms with Crippen LogP contribution < -0.4 is 5.32 Å². The largest absolute Gasteiger partial charge is 0.469 e. The molecule has 24 heavy (non-hydrogen) atoms. The zero-order valence-electron chi connectivity index (χ0n) is 13.4. The fourth-order valence-electron chi connectivity index (χ4n) is 2.27. The number of rotatable bonds is 5. The van der Waals surface area contributed by atoms with Gasteiger partial charge in [0.05, 0.1) is 19.6 Å². The van der Waals surface area contributed by atoms with Crippen LogP contribution in [0, 0.1) is 0 Å². The molecule has 1 atom stereocenters. The highest BCUT2D eigenvalue weighted by atomic mass is 79.9. The lowest BCUT2D eigenvalue weighted by atomic mass is 10.0. The molecule has 2 rings (SSSR count). The number of halogens is 1. The van der Waals surface area contributed by atoms with Crippen molar-refractivity contribution in [3.05, 3.63) is 34.3 Å². The molecule has 0 radical (unpaired) electrons. The first-order valence-electron chi connectivity index (χ1n) is 7.38. The van der Waals surface area contributed by atoms with Gasteiger partial charge in [0.15, 0.2) is 0 Å². The monoisotopic (exact) mass is 395 g/mol. The number of esters is 1. The number of ether oxygens (including phenoxy) is 1. The Bertz CT molecular complexity index is 672. The first-order chi connectivity index (χ1) is 11.4. The molecule has 8 heteroatoms. The molecule has 0 bridgehead atoms. The lowest BCUT2D eigenvalue weighted by molar-refractivity contribution is -0.141. The van der Waals surface area contributed by atoms with Crippen LogP contribution in [0.2, 0.25) is 0 Å². The van der Waals surface area contributed by atoms with Crippen LogP contribution in [0.5, 0.6) is 0 Å². The second kappa shape index (κ2) is 8.05. The van der Waals surface area contributed by atoms with Crippen molar-refractivity contribution in [2.45, 2.75) is 25.3 Å². The molecule has 1 aromatic carbocycles. The molecule has 1 aliphatic rings. The van der Waals surface area contributed by atoms with Gasteiger partial charge in [0.2, 0.25) is 5.91 Å². The number of carbonyl (C=O) groups is 3. The minimum atomic E-state index is -0.538. The van der Waals surface area contributed by atoms with Crippen molar-refractivity contribution in [1.82, 2.24) is 10.3 Å². The predicted molar refractivity (Wildman–Crippen MR) is 91.1 cm³/mol. The molecule has 0 spiro atoms. The number of carbonyl (C=O) groups excluding carboxylic acids is 3. The van der Waals surface area contributed by atoms with Gasteiger partial charge in [-0.05, 0) is 17.7 Å². The number of hydrogen-bond donors (Lipinski definition) is 1. The van der Waals surface area contributed by atoms with E-state index in [0.717, 1.165) is 15.0 Å². The third-order valence-electron chi connectivity index (χ3n) is 3.65. The molecular formula is C16H18BrN3O4. The molecule has 0 unspecified atom stereocenters. The molecule has 1 aromatic rings. The van der Waals surface area contributed by atoms with Gasteiger partial charge in [-0.15, -0.1) is 0 Å². The van der Waals surface area contributed by atoms with E-state index in [-0.39, 0.29) is 30.9 Å². The fourth-order valence-corrected chi connectivity index (χ4v) is 2.54. The number of hydrazone groups is 1. The topological polar surface area (TPSA) is 88.1 Å². The van der Waals surface area contributed by atoms with Crippen molar-refractivity contribution in [2.24, 2.45) is 5.10 Å². The average Bonchev–Trinajstić information content (AvgIpc) is 2.57. The van der Waals surface area contributed by atoms with E-state index < -0.39 is 17.9 Å². The van der Waals surface area contributed by atoms with Gasteiger partial charge in [0.25, 0.3) is 5.91 Å². The highest BCUT2D eigenvalue weighted by Gasteiger charge is 2.25. The molecule has 0 fully saturated rings. The molecular weight excluding hydrogens is 378 g/mol. The summed E-state index contributed by atoms with van der Waals surface area (Å²) in [6.45, 7) is 0. The molecule has 128 valence electrons. The Labute approximate surface area is 148 Å². The summed E-state index contributed by atoms with van der Waals surface area (Å²) >= 11 is 3.35. The standard InChI is InChI=1S/C16H18BrN3O4/c1-20-14(21)8-7-12(19-20)16(23)18-13(9-15(22)24-2)10-3-5-11(17)6-4-10/h3-6,13H,7-9H2,1-2H3,(H,18,23)/t13-/m1/s1. The highest BCUT2D eigenvalue weighted by molar-refractivity contribution is 9.10. The van der Waals surface area contributed by atoms with Crippen LogP contribution in [0.4, 0.5) is 0 Å². The van der Waals surface area contributed by atoms with Gasteiger partial charge in [-0.1, -0.05) is 28.1 Å². The number of hydrogen-bond acceptors (Lipinski definition) is 5. The van der Waals surface area contributed by atoms with Crippen LogP contribution >= 0.6 is 15.9 Å². The summed E-state index contributed by atoms with van der Waals surface area (Å²) in [5.74, 6) is -0.960. The third kappa shape index (κ3) is 4.64. The van der Waals surface area contributed by atoms with Gasteiger partial charge < -0.3 is 10.1 Å². The van der Waals surface area contributed by atoms with E-state index in [1.54, 1.807) is 0 Å². The molecule has 7 nitrogen and oxygen atoms in total. The fraction of sp³-hybridized carbons (Fsp3) is 0.375. The maximum Gasteiger partial charge on any atom is 0.307 e. The highest BCUT2D eigenvalue weighted by Crippen LogP contribution is 2.21. The van der Waals surface area contributed by atoms with Gasteiger partial charge in [0.1, 0.15) is 5.71 Å². The van der Waals surface area contributed by atoms with Crippen LogP contribution in [-0.2, 0) is 19.1 Å². The quantitative estimate of drug-likeness (QED) is 0.769. The normalized spacial score (nSPS) is 15.5. The van der Waals surface area contributed by atoms with Crippen molar-refractivity contribution in [3.8, 4) is 0 Å². The van der Waals surface area contributed by atoms with Crippen molar-refractivity contribution in [3.63, 3.8) is 0 Å². The van der Waals surface area contributed by atoms with Crippen molar-refractivity contribution in [1.29, 1.82) is 0 Å². The van der Waals surface area contributed by atoms with Gasteiger partial charge >= 0.3 is 5.97 Å². The lowest BCUT2D eigenvalue weighted by Gasteiger charge is -2.22. The van der Waals surface area contributed by atoms with Crippen molar-refractivity contribution >= 4 is 39.4 Å². The Morgan fingerprint density at radius 2 is 2.00 bits per heavy atom. The van der Waals surface area contributed by atoms with Gasteiger partial charge in [-0.25, -0.2) is 5.01 Å². The maximum absolute atomic E-state index is 12.4. The van der Waals surface area contributed by atoms with E-state index in [9.17, 15) is 14.4 Å². The van der Waals surface area contributed by atoms with Gasteiger partial charge in [-0.3, -0.25) is 14.4 Å². The summed E-state index contributed by atoms with van der Waals surface area (Å²) in [5.41, 5.74) is 1.04. The number of methoxy groups -OCH3 is 1. The molecule has 0 aromatic heterocycles. The number of nitrogens with one attached hydrogen (secondary N) is 1. The van der Waals surface area contributed by atoms with Crippen LogP contribution in [0.3, 0.4) is 0 Å². The van der Waals surface area contributed by atoms with Gasteiger partial charge in [-0.2, -0.15) is 5.10 Å². The lowest BCUT2D eigenvalue weighted by Crippen LogP contribution is -2.39. The maximum atomic E-state index is 12.4. The zero-order valence-corrected chi connectivity index (χ0v) is 15.0. The molecule has 1 aliphatic heterocycles. The summed E-state index contributed by atoms with van der Waals surface area (Å²) in [6.07, 6.45) is 0.523. The van der Waals surface area contributed by atoms with Gasteiger partial charge in [0, 0.05) is 24.4 Å². The Balaban J connectivity index is 2.17. The molecule has 0 saturated carbocycles. The van der Waals surface area contributed by atoms with E-state index >= 15 is 0 Å². The molecule has 1 heterocycles. The van der Waals surface area contributed by atoms with E-state index in [0.29, 0.717) is 0 Å². The second-order valence-corrected chi connectivity index (χ2v) is 6.24. The zero-order chi connectivity index (χ0) is 17.7. The number of nitrogens with zero attached hydrogens (tertiary/aromatic N) is 2. The molecule has 0 saturated heterocycles. The molecule has 1 N–H and O–H groups in total.